The average molecular weight is 182 g/mol. The number of hydrogen-bond donors (Lipinski definition) is 0. The summed E-state index contributed by atoms with van der Waals surface area (Å²) in [6.07, 6.45) is 15.0. The molecule has 0 N–H and O–H groups in total. The fraction of sp³-hybridized carbons (Fsp3) is 1.00. The summed E-state index contributed by atoms with van der Waals surface area (Å²) in [5.74, 6) is 0. The molecule has 13 heavy (non-hydrogen) atoms. The standard InChI is InChI=1S/C12H22O/c1-3-7-11(8-4-1)13-12-9-5-2-6-10-12/h11-12H,1-10H2. The van der Waals surface area contributed by atoms with Crippen molar-refractivity contribution in [2.75, 3.05) is 0 Å². The molecule has 0 aromatic heterocycles. The smallest absolute Gasteiger partial charge is 0.0578 e. The highest BCUT2D eigenvalue weighted by atomic mass is 16.5. The van der Waals surface area contributed by atoms with Crippen LogP contribution in [-0.4, -0.2) is 12.2 Å². The van der Waals surface area contributed by atoms with Crippen LogP contribution in [0.15, 0.2) is 0 Å². The zero-order valence-corrected chi connectivity index (χ0v) is 8.63. The lowest BCUT2D eigenvalue weighted by Gasteiger charge is -2.29. The van der Waals surface area contributed by atoms with Crippen molar-refractivity contribution >= 4 is 0 Å². The number of rotatable bonds is 2. The normalized spacial score (nSPS) is 27.7. The maximum absolute atomic E-state index is 6.13. The van der Waals surface area contributed by atoms with E-state index in [1.54, 1.807) is 0 Å². The van der Waals surface area contributed by atoms with E-state index in [1.165, 1.54) is 64.2 Å². The lowest BCUT2D eigenvalue weighted by atomic mass is 9.95. The van der Waals surface area contributed by atoms with Gasteiger partial charge in [0.1, 0.15) is 0 Å². The van der Waals surface area contributed by atoms with Gasteiger partial charge in [-0.15, -0.1) is 0 Å². The van der Waals surface area contributed by atoms with E-state index < -0.39 is 0 Å². The highest BCUT2D eigenvalue weighted by Crippen LogP contribution is 2.26. The van der Waals surface area contributed by atoms with Crippen LogP contribution < -0.4 is 0 Å². The Hall–Kier alpha value is -0.0400. The molecule has 0 aliphatic heterocycles. The van der Waals surface area contributed by atoms with Gasteiger partial charge in [-0.1, -0.05) is 38.5 Å². The molecule has 0 radical (unpaired) electrons. The van der Waals surface area contributed by atoms with Crippen LogP contribution >= 0.6 is 0 Å². The monoisotopic (exact) mass is 182 g/mol. The van der Waals surface area contributed by atoms with Crippen LogP contribution in [0.5, 0.6) is 0 Å². The van der Waals surface area contributed by atoms with Gasteiger partial charge in [-0.3, -0.25) is 0 Å². The molecule has 2 rings (SSSR count). The Morgan fingerprint density at radius 3 is 1.31 bits per heavy atom. The van der Waals surface area contributed by atoms with E-state index in [4.69, 9.17) is 4.74 Å². The minimum atomic E-state index is 0.622. The van der Waals surface area contributed by atoms with Gasteiger partial charge in [0.05, 0.1) is 12.2 Å². The fourth-order valence-electron chi connectivity index (χ4n) is 2.67. The predicted molar refractivity (Wildman–Crippen MR) is 54.8 cm³/mol. The van der Waals surface area contributed by atoms with Crippen molar-refractivity contribution in [2.45, 2.75) is 76.4 Å². The van der Waals surface area contributed by atoms with E-state index >= 15 is 0 Å². The van der Waals surface area contributed by atoms with E-state index in [0.29, 0.717) is 12.2 Å². The molecule has 0 bridgehead atoms. The molecule has 2 saturated carbocycles. The third kappa shape index (κ3) is 2.98. The Balaban J connectivity index is 1.69. The molecule has 2 aliphatic carbocycles. The lowest BCUT2D eigenvalue weighted by molar-refractivity contribution is -0.0450. The van der Waals surface area contributed by atoms with Gasteiger partial charge in [0.2, 0.25) is 0 Å². The molecule has 76 valence electrons. The predicted octanol–water partition coefficient (Wildman–Crippen LogP) is 3.67. The van der Waals surface area contributed by atoms with E-state index in [1.807, 2.05) is 0 Å². The topological polar surface area (TPSA) is 9.23 Å². The molecule has 2 fully saturated rings. The lowest BCUT2D eigenvalue weighted by Crippen LogP contribution is -2.25. The van der Waals surface area contributed by atoms with E-state index in [2.05, 4.69) is 0 Å². The van der Waals surface area contributed by atoms with Gasteiger partial charge in [0.15, 0.2) is 0 Å². The second kappa shape index (κ2) is 4.99. The molecule has 1 nitrogen and oxygen atoms in total. The van der Waals surface area contributed by atoms with Gasteiger partial charge in [-0.05, 0) is 25.7 Å². The molecule has 0 heterocycles. The van der Waals surface area contributed by atoms with Crippen molar-refractivity contribution in [1.29, 1.82) is 0 Å². The molecule has 0 atom stereocenters. The van der Waals surface area contributed by atoms with Gasteiger partial charge in [0.25, 0.3) is 0 Å². The van der Waals surface area contributed by atoms with Gasteiger partial charge in [0, 0.05) is 0 Å². The van der Waals surface area contributed by atoms with Crippen LogP contribution in [0.3, 0.4) is 0 Å². The van der Waals surface area contributed by atoms with Crippen molar-refractivity contribution in [2.24, 2.45) is 0 Å². The van der Waals surface area contributed by atoms with Gasteiger partial charge in [-0.2, -0.15) is 0 Å². The summed E-state index contributed by atoms with van der Waals surface area (Å²) in [4.78, 5) is 0. The summed E-state index contributed by atoms with van der Waals surface area (Å²) in [5, 5.41) is 0. The number of hydrogen-bond acceptors (Lipinski definition) is 1. The van der Waals surface area contributed by atoms with Crippen molar-refractivity contribution in [3.8, 4) is 0 Å². The van der Waals surface area contributed by atoms with Crippen molar-refractivity contribution in [1.82, 2.24) is 0 Å². The fourth-order valence-corrected chi connectivity index (χ4v) is 2.67. The summed E-state index contributed by atoms with van der Waals surface area (Å²) in [5.41, 5.74) is 0. The Kier molecular flexibility index (Phi) is 3.65. The van der Waals surface area contributed by atoms with E-state index in [-0.39, 0.29) is 0 Å². The Labute approximate surface area is 81.9 Å². The first-order valence-electron chi connectivity index (χ1n) is 6.10. The highest BCUT2D eigenvalue weighted by molar-refractivity contribution is 4.71. The summed E-state index contributed by atoms with van der Waals surface area (Å²) < 4.78 is 6.13. The van der Waals surface area contributed by atoms with Crippen LogP contribution in [0.2, 0.25) is 0 Å². The number of ether oxygens (including phenoxy) is 1. The SMILES string of the molecule is C1CCC(OC2CCCCC2)CC1. The van der Waals surface area contributed by atoms with Crippen LogP contribution in [0.4, 0.5) is 0 Å². The molecule has 0 aromatic carbocycles. The van der Waals surface area contributed by atoms with E-state index in [9.17, 15) is 0 Å². The minimum absolute atomic E-state index is 0.622. The summed E-state index contributed by atoms with van der Waals surface area (Å²) in [6.45, 7) is 0. The van der Waals surface area contributed by atoms with Crippen LogP contribution in [0.25, 0.3) is 0 Å². The summed E-state index contributed by atoms with van der Waals surface area (Å²) in [6, 6.07) is 0. The first-order valence-corrected chi connectivity index (χ1v) is 6.10. The third-order valence-electron chi connectivity index (χ3n) is 3.49. The third-order valence-corrected chi connectivity index (χ3v) is 3.49. The zero-order chi connectivity index (χ0) is 8.93. The minimum Gasteiger partial charge on any atom is -0.375 e. The molecule has 2 aliphatic rings. The molecule has 0 spiro atoms. The molecule has 1 heteroatoms. The Bertz CT molecular complexity index is 116. The average Bonchev–Trinajstić information content (AvgIpc) is 2.21. The Morgan fingerprint density at radius 2 is 0.923 bits per heavy atom. The molecule has 0 unspecified atom stereocenters. The van der Waals surface area contributed by atoms with Gasteiger partial charge < -0.3 is 4.74 Å². The zero-order valence-electron chi connectivity index (χ0n) is 8.63. The van der Waals surface area contributed by atoms with Crippen LogP contribution in [0, 0.1) is 0 Å². The van der Waals surface area contributed by atoms with Crippen LogP contribution in [-0.2, 0) is 4.74 Å². The van der Waals surface area contributed by atoms with Crippen molar-refractivity contribution < 1.29 is 4.74 Å². The maximum atomic E-state index is 6.13. The molecule has 0 saturated heterocycles. The first kappa shape index (κ1) is 9.51. The van der Waals surface area contributed by atoms with Gasteiger partial charge in [-0.25, -0.2) is 0 Å². The molecule has 0 aromatic rings. The highest BCUT2D eigenvalue weighted by Gasteiger charge is 2.20. The van der Waals surface area contributed by atoms with Crippen molar-refractivity contribution in [3.05, 3.63) is 0 Å². The second-order valence-electron chi connectivity index (χ2n) is 4.66. The molecular weight excluding hydrogens is 160 g/mol. The maximum Gasteiger partial charge on any atom is 0.0578 e. The molecular formula is C12H22O. The van der Waals surface area contributed by atoms with Crippen molar-refractivity contribution in [3.63, 3.8) is 0 Å². The van der Waals surface area contributed by atoms with Gasteiger partial charge >= 0.3 is 0 Å². The van der Waals surface area contributed by atoms with E-state index in [0.717, 1.165) is 0 Å². The van der Waals surface area contributed by atoms with Crippen LogP contribution in [0.1, 0.15) is 64.2 Å². The molecule has 0 amide bonds. The summed E-state index contributed by atoms with van der Waals surface area (Å²) >= 11 is 0. The largest absolute Gasteiger partial charge is 0.375 e. The summed E-state index contributed by atoms with van der Waals surface area (Å²) in [7, 11) is 0. The second-order valence-corrected chi connectivity index (χ2v) is 4.66. The Morgan fingerprint density at radius 1 is 0.538 bits per heavy atom. The quantitative estimate of drug-likeness (QED) is 0.633. The first-order chi connectivity index (χ1) is 6.45.